The average Bonchev–Trinajstić information content (AvgIpc) is 4.07. The summed E-state index contributed by atoms with van der Waals surface area (Å²) in [6, 6.07) is 23.9. The number of fused-ring (bicyclic) bond motifs is 2. The maximum atomic E-state index is 13.9. The predicted molar refractivity (Wildman–Crippen MR) is 294 cm³/mol. The Hall–Kier alpha value is -8.00. The Morgan fingerprint density at radius 3 is 2.38 bits per heavy atom. The summed E-state index contributed by atoms with van der Waals surface area (Å²) in [6.07, 6.45) is -1.10. The van der Waals surface area contributed by atoms with Gasteiger partial charge in [-0.25, -0.2) is 0 Å². The quantitative estimate of drug-likeness (QED) is 0.0918. The van der Waals surface area contributed by atoms with E-state index in [0.29, 0.717) is 101 Å². The average molecular weight is 1120 g/mol. The number of hydrogen-bond acceptors (Lipinski definition) is 15. The number of halogens is 4. The molecule has 4 aromatic carbocycles. The molecule has 0 radical (unpaired) electrons. The zero-order chi connectivity index (χ0) is 56.2. The van der Waals surface area contributed by atoms with Crippen LogP contribution >= 0.6 is 11.6 Å². The number of carbonyl (C=O) groups is 3. The van der Waals surface area contributed by atoms with Gasteiger partial charge in [0.25, 0.3) is 5.91 Å². The number of nitrogens with one attached hydrogen (secondary N) is 1. The number of piperidine rings is 1. The van der Waals surface area contributed by atoms with Crippen LogP contribution in [0.5, 0.6) is 17.5 Å². The first kappa shape index (κ1) is 55.3. The summed E-state index contributed by atoms with van der Waals surface area (Å²) in [5.41, 5.74) is 4.66. The van der Waals surface area contributed by atoms with Crippen LogP contribution in [0.15, 0.2) is 85.5 Å². The van der Waals surface area contributed by atoms with E-state index in [9.17, 15) is 43.0 Å². The number of aryl methyl sites for hydroxylation is 1. The van der Waals surface area contributed by atoms with Crippen LogP contribution in [0.25, 0.3) is 27.8 Å². The lowest BCUT2D eigenvalue weighted by atomic mass is 9.95. The Labute approximate surface area is 465 Å². The lowest BCUT2D eigenvalue weighted by Gasteiger charge is -2.42. The molecule has 3 saturated heterocycles. The van der Waals surface area contributed by atoms with Gasteiger partial charge in [0, 0.05) is 99.8 Å². The van der Waals surface area contributed by atoms with Crippen molar-refractivity contribution < 1.29 is 42.5 Å². The number of amides is 3. The number of phenolic OH excluding ortho intramolecular Hbond substituents is 2. The van der Waals surface area contributed by atoms with Crippen molar-refractivity contribution in [3.8, 4) is 40.7 Å². The van der Waals surface area contributed by atoms with E-state index in [0.717, 1.165) is 71.1 Å². The van der Waals surface area contributed by atoms with Crippen molar-refractivity contribution in [3.05, 3.63) is 119 Å². The SMILES string of the molecule is C=CC(=O)N1CCN(c2nc(OCCN3CCC(C(=O)N4CCN(Cc5ccc(-n6c(C(=O)NCC(F)(F)F)nnc6-c6cc(C)c(O)cc6O)cc5)CC4)CC3)nc3c2CCN(c2cccc4cccc(Cl)c24)C3)C[C@@H]1CC#N. The molecule has 3 N–H and O–H groups in total. The van der Waals surface area contributed by atoms with E-state index in [4.69, 9.17) is 26.3 Å². The lowest BCUT2D eigenvalue weighted by molar-refractivity contribution is -0.139. The summed E-state index contributed by atoms with van der Waals surface area (Å²) in [6.45, 7) is 11.7. The third kappa shape index (κ3) is 12.1. The van der Waals surface area contributed by atoms with Crippen LogP contribution in [-0.2, 0) is 29.1 Å². The number of aromatic nitrogens is 5. The molecular weight excluding hydrogens is 1060 g/mol. The lowest BCUT2D eigenvalue weighted by Crippen LogP contribution is -2.55. The first-order valence-electron chi connectivity index (χ1n) is 26.7. The predicted octanol–water partition coefficient (Wildman–Crippen LogP) is 6.66. The fourth-order valence-electron chi connectivity index (χ4n) is 11.2. The number of benzene rings is 4. The van der Waals surface area contributed by atoms with Crippen LogP contribution in [-0.4, -0.2) is 170 Å². The van der Waals surface area contributed by atoms with Gasteiger partial charge in [-0.15, -0.1) is 10.2 Å². The van der Waals surface area contributed by atoms with Crippen molar-refractivity contribution >= 4 is 51.6 Å². The van der Waals surface area contributed by atoms with Gasteiger partial charge in [0.15, 0.2) is 5.82 Å². The highest BCUT2D eigenvalue weighted by Crippen LogP contribution is 2.39. The van der Waals surface area contributed by atoms with Gasteiger partial charge in [-0.05, 0) is 92.2 Å². The number of hydrogen-bond donors (Lipinski definition) is 3. The molecule has 2 aromatic heterocycles. The molecule has 80 heavy (non-hydrogen) atoms. The minimum Gasteiger partial charge on any atom is -0.508 e. The van der Waals surface area contributed by atoms with Gasteiger partial charge in [-0.3, -0.25) is 28.8 Å². The molecule has 4 aliphatic heterocycles. The Kier molecular flexibility index (Phi) is 16.4. The molecule has 23 heteroatoms. The number of alkyl halides is 3. The molecule has 10 rings (SSSR count). The van der Waals surface area contributed by atoms with Crippen molar-refractivity contribution in [3.63, 3.8) is 0 Å². The first-order chi connectivity index (χ1) is 38.5. The molecule has 19 nitrogen and oxygen atoms in total. The summed E-state index contributed by atoms with van der Waals surface area (Å²) >= 11 is 6.79. The number of piperazine rings is 2. The van der Waals surface area contributed by atoms with Gasteiger partial charge in [-0.2, -0.15) is 28.4 Å². The first-order valence-corrected chi connectivity index (χ1v) is 27.1. The van der Waals surface area contributed by atoms with E-state index in [1.54, 1.807) is 24.0 Å². The van der Waals surface area contributed by atoms with E-state index in [-0.39, 0.29) is 59.1 Å². The van der Waals surface area contributed by atoms with Crippen LogP contribution < -0.4 is 19.9 Å². The minimum atomic E-state index is -4.66. The van der Waals surface area contributed by atoms with Gasteiger partial charge >= 0.3 is 12.2 Å². The van der Waals surface area contributed by atoms with E-state index < -0.39 is 24.5 Å². The molecule has 0 unspecified atom stereocenters. The molecule has 3 amide bonds. The number of ether oxygens (including phenoxy) is 1. The molecule has 1 atom stereocenters. The molecule has 0 spiro atoms. The maximum Gasteiger partial charge on any atom is 0.405 e. The molecule has 3 fully saturated rings. The summed E-state index contributed by atoms with van der Waals surface area (Å²) in [5, 5.41) is 43.1. The Morgan fingerprint density at radius 1 is 0.900 bits per heavy atom. The third-order valence-corrected chi connectivity index (χ3v) is 15.8. The number of aromatic hydroxyl groups is 2. The highest BCUT2D eigenvalue weighted by molar-refractivity contribution is 6.36. The summed E-state index contributed by atoms with van der Waals surface area (Å²) in [7, 11) is 0. The third-order valence-electron chi connectivity index (χ3n) is 15.5. The topological polar surface area (TPSA) is 213 Å². The number of carbonyl (C=O) groups excluding carboxylic acids is 3. The van der Waals surface area contributed by atoms with E-state index in [2.05, 4.69) is 60.6 Å². The second-order valence-electron chi connectivity index (χ2n) is 20.6. The molecule has 0 aliphatic carbocycles. The summed E-state index contributed by atoms with van der Waals surface area (Å²) < 4.78 is 46.8. The molecule has 4 aliphatic rings. The minimum absolute atomic E-state index is 0.0146. The largest absolute Gasteiger partial charge is 0.508 e. The van der Waals surface area contributed by atoms with Crippen LogP contribution in [0.2, 0.25) is 5.02 Å². The standard InChI is InChI=1S/C57H61ClF3N13O6/c1-3-49(77)73-27-26-72(33-41(73)14-18-62)51-42-17-21-71(46-9-5-7-38-6-4-8-44(58)50(38)46)34-45(42)64-56(65-51)80-29-28-68-19-15-39(16-20-68)55(79)70-24-22-69(23-25-70)32-37-10-12-40(13-11-37)74-52(43-30-36(2)47(75)31-48(43)76)66-67-53(74)54(78)63-35-57(59,60)61/h3-13,30-31,39,41,75-76H,1,14-17,19-29,32-35H2,2H3,(H,63,78)/t41-/m0/s1. The van der Waals surface area contributed by atoms with Crippen molar-refractivity contribution in [2.75, 3.05) is 94.9 Å². The normalized spacial score (nSPS) is 17.5. The van der Waals surface area contributed by atoms with Crippen LogP contribution in [0.3, 0.4) is 0 Å². The van der Waals surface area contributed by atoms with Gasteiger partial charge in [-0.1, -0.05) is 54.6 Å². The molecule has 0 bridgehead atoms. The Bertz CT molecular complexity index is 3330. The summed E-state index contributed by atoms with van der Waals surface area (Å²) in [5.74, 6) is -1.49. The molecule has 418 valence electrons. The van der Waals surface area contributed by atoms with Crippen molar-refractivity contribution in [1.29, 1.82) is 5.26 Å². The van der Waals surface area contributed by atoms with Crippen LogP contribution in [0.4, 0.5) is 24.7 Å². The second-order valence-corrected chi connectivity index (χ2v) is 21.0. The van der Waals surface area contributed by atoms with E-state index in [1.165, 1.54) is 16.7 Å². The van der Waals surface area contributed by atoms with E-state index in [1.807, 2.05) is 40.5 Å². The molecule has 0 saturated carbocycles. The van der Waals surface area contributed by atoms with Gasteiger partial charge in [0.2, 0.25) is 17.6 Å². The van der Waals surface area contributed by atoms with Crippen molar-refractivity contribution in [2.24, 2.45) is 5.92 Å². The highest BCUT2D eigenvalue weighted by atomic mass is 35.5. The zero-order valence-corrected chi connectivity index (χ0v) is 45.0. The smallest absolute Gasteiger partial charge is 0.405 e. The number of nitrogens with zero attached hydrogens (tertiary/aromatic N) is 12. The van der Waals surface area contributed by atoms with Gasteiger partial charge in [0.1, 0.15) is 30.5 Å². The van der Waals surface area contributed by atoms with Gasteiger partial charge in [0.05, 0.1) is 41.4 Å². The summed E-state index contributed by atoms with van der Waals surface area (Å²) in [4.78, 5) is 62.4. The van der Waals surface area contributed by atoms with Crippen LogP contribution in [0.1, 0.15) is 52.3 Å². The monoisotopic (exact) mass is 1120 g/mol. The van der Waals surface area contributed by atoms with Gasteiger partial charge < -0.3 is 39.9 Å². The molecular formula is C57H61ClF3N13O6. The maximum absolute atomic E-state index is 13.9. The number of likely N-dealkylation sites (tertiary alicyclic amines) is 1. The Balaban J connectivity index is 0.740. The van der Waals surface area contributed by atoms with Crippen molar-refractivity contribution in [2.45, 2.75) is 57.9 Å². The number of phenols is 2. The van der Waals surface area contributed by atoms with Crippen molar-refractivity contribution in [1.82, 2.24) is 49.6 Å². The van der Waals surface area contributed by atoms with E-state index >= 15 is 0 Å². The number of rotatable bonds is 15. The number of nitriles is 1. The Morgan fingerprint density at radius 2 is 1.65 bits per heavy atom. The molecule has 6 heterocycles. The fourth-order valence-corrected chi connectivity index (χ4v) is 11.5. The highest BCUT2D eigenvalue weighted by Gasteiger charge is 2.36. The second kappa shape index (κ2) is 23.8. The number of anilines is 2. The molecule has 6 aromatic rings. The van der Waals surface area contributed by atoms with Crippen LogP contribution in [0, 0.1) is 24.2 Å². The fraction of sp³-hybridized carbons (Fsp3) is 0.404. The zero-order valence-electron chi connectivity index (χ0n) is 44.2.